The number of amides is 2. The van der Waals surface area contributed by atoms with E-state index < -0.39 is 23.2 Å². The molecule has 0 radical (unpaired) electrons. The minimum absolute atomic E-state index is 0.178. The Morgan fingerprint density at radius 1 is 0.786 bits per heavy atom. The molecule has 4 nitrogen and oxygen atoms in total. The van der Waals surface area contributed by atoms with Crippen molar-refractivity contribution in [3.05, 3.63) is 101 Å². The van der Waals surface area contributed by atoms with Crippen LogP contribution in [0.25, 0.3) is 0 Å². The van der Waals surface area contributed by atoms with Gasteiger partial charge in [0.15, 0.2) is 0 Å². The van der Waals surface area contributed by atoms with Crippen LogP contribution in [0.15, 0.2) is 66.7 Å². The van der Waals surface area contributed by atoms with E-state index in [9.17, 15) is 18.4 Å². The molecule has 0 aliphatic rings. The summed E-state index contributed by atoms with van der Waals surface area (Å²) in [6.45, 7) is 2.37. The van der Waals surface area contributed by atoms with Crippen molar-refractivity contribution in [1.82, 2.24) is 5.32 Å². The molecule has 0 fully saturated rings. The van der Waals surface area contributed by atoms with Crippen molar-refractivity contribution in [3.63, 3.8) is 0 Å². The van der Waals surface area contributed by atoms with Crippen molar-refractivity contribution < 1.29 is 18.4 Å². The molecular weight excluding hydrogens is 362 g/mol. The zero-order chi connectivity index (χ0) is 20.1. The van der Waals surface area contributed by atoms with Crippen LogP contribution in [0.2, 0.25) is 0 Å². The van der Waals surface area contributed by atoms with Crippen LogP contribution in [0.5, 0.6) is 0 Å². The maximum atomic E-state index is 13.6. The minimum Gasteiger partial charge on any atom is -0.348 e. The highest BCUT2D eigenvalue weighted by atomic mass is 19.1. The van der Waals surface area contributed by atoms with Crippen molar-refractivity contribution in [1.29, 1.82) is 0 Å². The average Bonchev–Trinajstić information content (AvgIpc) is 2.70. The Labute approximate surface area is 161 Å². The van der Waals surface area contributed by atoms with E-state index in [1.54, 1.807) is 0 Å². The van der Waals surface area contributed by atoms with E-state index >= 15 is 0 Å². The van der Waals surface area contributed by atoms with Crippen LogP contribution >= 0.6 is 0 Å². The first-order valence-corrected chi connectivity index (χ1v) is 8.63. The number of benzene rings is 3. The van der Waals surface area contributed by atoms with E-state index in [1.807, 2.05) is 31.2 Å². The predicted octanol–water partition coefficient (Wildman–Crippen LogP) is 4.46. The molecule has 0 aliphatic heterocycles. The van der Waals surface area contributed by atoms with Gasteiger partial charge in [-0.05, 0) is 48.9 Å². The molecule has 0 saturated heterocycles. The van der Waals surface area contributed by atoms with E-state index in [4.69, 9.17) is 0 Å². The molecule has 142 valence electrons. The zero-order valence-corrected chi connectivity index (χ0v) is 15.1. The lowest BCUT2D eigenvalue weighted by Crippen LogP contribution is -2.23. The topological polar surface area (TPSA) is 58.2 Å². The Kier molecular flexibility index (Phi) is 5.79. The van der Waals surface area contributed by atoms with Gasteiger partial charge < -0.3 is 10.6 Å². The fourth-order valence-electron chi connectivity index (χ4n) is 2.57. The van der Waals surface area contributed by atoms with E-state index in [0.717, 1.165) is 23.3 Å². The van der Waals surface area contributed by atoms with Crippen LogP contribution < -0.4 is 10.6 Å². The van der Waals surface area contributed by atoms with E-state index in [0.29, 0.717) is 12.1 Å². The molecule has 2 N–H and O–H groups in total. The number of rotatable bonds is 5. The van der Waals surface area contributed by atoms with Crippen molar-refractivity contribution in [2.45, 2.75) is 13.5 Å². The molecule has 6 heteroatoms. The van der Waals surface area contributed by atoms with Gasteiger partial charge in [0.1, 0.15) is 17.3 Å². The molecule has 3 rings (SSSR count). The summed E-state index contributed by atoms with van der Waals surface area (Å²) in [4.78, 5) is 24.4. The van der Waals surface area contributed by atoms with Gasteiger partial charge in [0.25, 0.3) is 11.8 Å². The van der Waals surface area contributed by atoms with E-state index in [2.05, 4.69) is 10.6 Å². The van der Waals surface area contributed by atoms with Gasteiger partial charge in [-0.3, -0.25) is 9.59 Å². The molecule has 0 heterocycles. The normalized spacial score (nSPS) is 10.4. The molecule has 0 aliphatic carbocycles. The highest BCUT2D eigenvalue weighted by Crippen LogP contribution is 2.19. The maximum Gasteiger partial charge on any atom is 0.255 e. The van der Waals surface area contributed by atoms with Crippen molar-refractivity contribution in [2.75, 3.05) is 5.32 Å². The van der Waals surface area contributed by atoms with Crippen LogP contribution in [0.3, 0.4) is 0 Å². The molecule has 0 atom stereocenters. The lowest BCUT2D eigenvalue weighted by atomic mass is 10.1. The quantitative estimate of drug-likeness (QED) is 0.687. The third kappa shape index (κ3) is 4.59. The summed E-state index contributed by atoms with van der Waals surface area (Å²) >= 11 is 0. The van der Waals surface area contributed by atoms with Crippen LogP contribution in [-0.2, 0) is 6.54 Å². The number of carbonyl (C=O) groups is 2. The van der Waals surface area contributed by atoms with Gasteiger partial charge in [-0.15, -0.1) is 0 Å². The van der Waals surface area contributed by atoms with Crippen LogP contribution in [0, 0.1) is 18.6 Å². The molecule has 0 saturated carbocycles. The monoisotopic (exact) mass is 380 g/mol. The summed E-state index contributed by atoms with van der Waals surface area (Å²) in [6.07, 6.45) is 0. The van der Waals surface area contributed by atoms with Crippen molar-refractivity contribution >= 4 is 17.5 Å². The van der Waals surface area contributed by atoms with Gasteiger partial charge in [-0.25, -0.2) is 8.78 Å². The Hall–Kier alpha value is -3.54. The number of aryl methyl sites for hydroxylation is 1. The summed E-state index contributed by atoms with van der Waals surface area (Å²) in [5.41, 5.74) is 2.16. The largest absolute Gasteiger partial charge is 0.348 e. The second kappa shape index (κ2) is 8.43. The number of halogens is 2. The SMILES string of the molecule is Cc1ccc(CNC(=O)c2ccc(C(=O)Nc3c(F)cccc3F)cc2)cc1. The van der Waals surface area contributed by atoms with Crippen LogP contribution in [0.1, 0.15) is 31.8 Å². The van der Waals surface area contributed by atoms with Gasteiger partial charge in [0.05, 0.1) is 0 Å². The fraction of sp³-hybridized carbons (Fsp3) is 0.0909. The number of hydrogen-bond donors (Lipinski definition) is 2. The first-order valence-electron chi connectivity index (χ1n) is 8.63. The average molecular weight is 380 g/mol. The minimum atomic E-state index is -0.861. The van der Waals surface area contributed by atoms with Gasteiger partial charge in [0.2, 0.25) is 0 Å². The number of hydrogen-bond acceptors (Lipinski definition) is 2. The summed E-state index contributed by atoms with van der Waals surface area (Å²) in [5, 5.41) is 5.00. The third-order valence-electron chi connectivity index (χ3n) is 4.18. The molecule has 3 aromatic rings. The third-order valence-corrected chi connectivity index (χ3v) is 4.18. The first-order chi connectivity index (χ1) is 13.4. The molecule has 2 amide bonds. The Balaban J connectivity index is 1.63. The van der Waals surface area contributed by atoms with Gasteiger partial charge >= 0.3 is 0 Å². The summed E-state index contributed by atoms with van der Waals surface area (Å²) in [6, 6.07) is 16.9. The molecule has 0 unspecified atom stereocenters. The van der Waals surface area contributed by atoms with Crippen molar-refractivity contribution in [3.8, 4) is 0 Å². The van der Waals surface area contributed by atoms with Crippen molar-refractivity contribution in [2.24, 2.45) is 0 Å². The molecule has 0 spiro atoms. The number of para-hydroxylation sites is 1. The zero-order valence-electron chi connectivity index (χ0n) is 15.1. The number of nitrogens with one attached hydrogen (secondary N) is 2. The lowest BCUT2D eigenvalue weighted by molar-refractivity contribution is 0.0949. The Morgan fingerprint density at radius 3 is 1.89 bits per heavy atom. The number of anilines is 1. The Bertz CT molecular complexity index is 980. The van der Waals surface area contributed by atoms with Gasteiger partial charge in [0, 0.05) is 17.7 Å². The molecular formula is C22H18F2N2O2. The van der Waals surface area contributed by atoms with E-state index in [1.165, 1.54) is 30.3 Å². The van der Waals surface area contributed by atoms with Gasteiger partial charge in [-0.2, -0.15) is 0 Å². The smallest absolute Gasteiger partial charge is 0.255 e. The highest BCUT2D eigenvalue weighted by molar-refractivity contribution is 6.05. The second-order valence-corrected chi connectivity index (χ2v) is 6.30. The standard InChI is InChI=1S/C22H18F2N2O2/c1-14-5-7-15(8-6-14)13-25-21(27)16-9-11-17(12-10-16)22(28)26-20-18(23)3-2-4-19(20)24/h2-12H,13H2,1H3,(H,25,27)(H,26,28). The second-order valence-electron chi connectivity index (χ2n) is 6.30. The van der Waals surface area contributed by atoms with Crippen LogP contribution in [-0.4, -0.2) is 11.8 Å². The molecule has 28 heavy (non-hydrogen) atoms. The summed E-state index contributed by atoms with van der Waals surface area (Å²) < 4.78 is 27.3. The highest BCUT2D eigenvalue weighted by Gasteiger charge is 2.14. The summed E-state index contributed by atoms with van der Waals surface area (Å²) in [7, 11) is 0. The predicted molar refractivity (Wildman–Crippen MR) is 103 cm³/mol. The first kappa shape index (κ1) is 19.2. The van der Waals surface area contributed by atoms with Gasteiger partial charge in [-0.1, -0.05) is 35.9 Å². The maximum absolute atomic E-state index is 13.6. The Morgan fingerprint density at radius 2 is 1.32 bits per heavy atom. The van der Waals surface area contributed by atoms with Crippen LogP contribution in [0.4, 0.5) is 14.5 Å². The summed E-state index contributed by atoms with van der Waals surface area (Å²) in [5.74, 6) is -2.68. The molecule has 0 bridgehead atoms. The molecule has 3 aromatic carbocycles. The molecule has 0 aromatic heterocycles. The van der Waals surface area contributed by atoms with E-state index in [-0.39, 0.29) is 11.5 Å². The number of carbonyl (C=O) groups excluding carboxylic acids is 2. The lowest BCUT2D eigenvalue weighted by Gasteiger charge is -2.09. The fourth-order valence-corrected chi connectivity index (χ4v) is 2.57.